The summed E-state index contributed by atoms with van der Waals surface area (Å²) in [4.78, 5) is 1.18. The second kappa shape index (κ2) is 3.08. The summed E-state index contributed by atoms with van der Waals surface area (Å²) in [5.41, 5.74) is 0. The molecule has 0 aromatic heterocycles. The molecule has 1 aliphatic rings. The molecular weight excluding hydrogens is 116 g/mol. The van der Waals surface area contributed by atoms with E-state index in [0.717, 1.165) is 6.42 Å². The van der Waals surface area contributed by atoms with Gasteiger partial charge in [0.15, 0.2) is 0 Å². The Morgan fingerprint density at radius 2 is 2.12 bits per heavy atom. The molecule has 0 nitrogen and oxygen atoms in total. The van der Waals surface area contributed by atoms with Gasteiger partial charge in [-0.15, -0.1) is 0 Å². The third-order valence-electron chi connectivity index (χ3n) is 1.50. The quantitative estimate of drug-likeness (QED) is 0.469. The van der Waals surface area contributed by atoms with Crippen LogP contribution in [0.2, 0.25) is 0 Å². The molecule has 0 saturated heterocycles. The highest BCUT2D eigenvalue weighted by Gasteiger charge is 1.97. The van der Waals surface area contributed by atoms with Gasteiger partial charge >= 0.3 is 0 Å². The van der Waals surface area contributed by atoms with E-state index in [9.17, 15) is 0 Å². The van der Waals surface area contributed by atoms with E-state index < -0.39 is 0 Å². The average Bonchev–Trinajstić information content (AvgIpc) is 1.94. The minimum atomic E-state index is 1.16. The zero-order valence-electron chi connectivity index (χ0n) is 5.02. The Hall–Kier alpha value is -0.0400. The Bertz CT molecular complexity index is 94.6. The summed E-state index contributed by atoms with van der Waals surface area (Å²) in [6, 6.07) is 0. The molecule has 1 aliphatic carbocycles. The van der Waals surface area contributed by atoms with Gasteiger partial charge in [0, 0.05) is 4.91 Å². The fourth-order valence-electron chi connectivity index (χ4n) is 0.985. The third kappa shape index (κ3) is 1.83. The van der Waals surface area contributed by atoms with Crippen LogP contribution in [0.25, 0.3) is 0 Å². The molecule has 0 amide bonds. The van der Waals surface area contributed by atoms with Gasteiger partial charge in [-0.1, -0.05) is 25.1 Å². The van der Waals surface area contributed by atoms with Crippen LogP contribution in [0.3, 0.4) is 0 Å². The van der Waals surface area contributed by atoms with Crippen molar-refractivity contribution in [3.8, 4) is 0 Å². The van der Waals surface area contributed by atoms with Crippen molar-refractivity contribution in [2.24, 2.45) is 0 Å². The first-order chi connectivity index (χ1) is 3.89. The summed E-state index contributed by atoms with van der Waals surface area (Å²) in [6.07, 6.45) is 8.61. The molecule has 0 unspecified atom stereocenters. The van der Waals surface area contributed by atoms with Crippen molar-refractivity contribution < 1.29 is 0 Å². The Labute approximate surface area is 56.4 Å². The van der Waals surface area contributed by atoms with Gasteiger partial charge < -0.3 is 0 Å². The first kappa shape index (κ1) is 6.09. The summed E-state index contributed by atoms with van der Waals surface area (Å²) in [6.45, 7) is 0. The van der Waals surface area contributed by atoms with E-state index >= 15 is 0 Å². The lowest BCUT2D eigenvalue weighted by molar-refractivity contribution is 0.716. The smallest absolute Gasteiger partial charge is 0.0112 e. The molecule has 1 rings (SSSR count). The molecule has 0 aromatic rings. The Balaban J connectivity index is 2.36. The second-order valence-electron chi connectivity index (χ2n) is 2.27. The maximum atomic E-state index is 5.04. The van der Waals surface area contributed by atoms with E-state index in [1.807, 2.05) is 0 Å². The van der Waals surface area contributed by atoms with E-state index in [1.54, 1.807) is 0 Å². The van der Waals surface area contributed by atoms with Crippen LogP contribution >= 0.6 is 12.6 Å². The van der Waals surface area contributed by atoms with Gasteiger partial charge in [-0.05, 0) is 25.7 Å². The predicted molar refractivity (Wildman–Crippen MR) is 38.8 cm³/mol. The van der Waals surface area contributed by atoms with E-state index in [4.69, 9.17) is 12.6 Å². The van der Waals surface area contributed by atoms with Gasteiger partial charge in [0.2, 0.25) is 0 Å². The monoisotopic (exact) mass is 127 g/mol. The standard InChI is InChI=1S/C7H11S/c8-7-5-3-1-2-4-6-7/h5H,1-4,6H2. The number of hydrogen-bond acceptors (Lipinski definition) is 0. The molecule has 0 saturated carbocycles. The fraction of sp³-hybridized carbons (Fsp3) is 0.714. The van der Waals surface area contributed by atoms with Crippen LogP contribution in [-0.2, 0) is 0 Å². The van der Waals surface area contributed by atoms with Crippen molar-refractivity contribution >= 4 is 12.6 Å². The maximum absolute atomic E-state index is 5.04. The van der Waals surface area contributed by atoms with E-state index in [-0.39, 0.29) is 0 Å². The lowest BCUT2D eigenvalue weighted by Crippen LogP contribution is -1.69. The largest absolute Gasteiger partial charge is 0.0853 e. The van der Waals surface area contributed by atoms with Crippen LogP contribution in [0.4, 0.5) is 0 Å². The van der Waals surface area contributed by atoms with Crippen LogP contribution in [0.1, 0.15) is 32.1 Å². The molecule has 45 valence electrons. The Kier molecular flexibility index (Phi) is 2.34. The maximum Gasteiger partial charge on any atom is 0.0112 e. The molecule has 0 aliphatic heterocycles. The Morgan fingerprint density at radius 1 is 1.25 bits per heavy atom. The first-order valence-corrected chi connectivity index (χ1v) is 3.66. The normalized spacial score (nSPS) is 21.8. The summed E-state index contributed by atoms with van der Waals surface area (Å²) in [5.74, 6) is 0. The van der Waals surface area contributed by atoms with Gasteiger partial charge in [0.05, 0.1) is 0 Å². The van der Waals surface area contributed by atoms with Crippen molar-refractivity contribution in [2.75, 3.05) is 0 Å². The van der Waals surface area contributed by atoms with E-state index in [1.165, 1.54) is 30.6 Å². The molecular formula is C7H11S. The molecule has 0 heterocycles. The van der Waals surface area contributed by atoms with Crippen molar-refractivity contribution in [1.82, 2.24) is 0 Å². The summed E-state index contributed by atoms with van der Waals surface area (Å²) >= 11 is 5.04. The predicted octanol–water partition coefficient (Wildman–Crippen LogP) is 3.03. The first-order valence-electron chi connectivity index (χ1n) is 3.25. The van der Waals surface area contributed by atoms with Crippen LogP contribution in [0, 0.1) is 0 Å². The molecule has 1 heteroatoms. The minimum Gasteiger partial charge on any atom is -0.0853 e. The Morgan fingerprint density at radius 3 is 3.00 bits per heavy atom. The van der Waals surface area contributed by atoms with Crippen LogP contribution < -0.4 is 0 Å². The minimum absolute atomic E-state index is 1.16. The van der Waals surface area contributed by atoms with Gasteiger partial charge in [-0.2, -0.15) is 0 Å². The van der Waals surface area contributed by atoms with Crippen LogP contribution in [0.5, 0.6) is 0 Å². The fourth-order valence-corrected chi connectivity index (χ4v) is 1.25. The van der Waals surface area contributed by atoms with Gasteiger partial charge in [-0.3, -0.25) is 0 Å². The second-order valence-corrected chi connectivity index (χ2v) is 2.79. The van der Waals surface area contributed by atoms with Crippen molar-refractivity contribution in [2.45, 2.75) is 32.1 Å². The van der Waals surface area contributed by atoms with Crippen molar-refractivity contribution in [3.63, 3.8) is 0 Å². The van der Waals surface area contributed by atoms with Crippen LogP contribution in [-0.4, -0.2) is 0 Å². The summed E-state index contributed by atoms with van der Waals surface area (Å²) < 4.78 is 0. The summed E-state index contributed by atoms with van der Waals surface area (Å²) in [5, 5.41) is 0. The van der Waals surface area contributed by atoms with Gasteiger partial charge in [0.25, 0.3) is 0 Å². The third-order valence-corrected chi connectivity index (χ3v) is 1.87. The highest BCUT2D eigenvalue weighted by atomic mass is 32.1. The number of hydrogen-bond donors (Lipinski definition) is 0. The summed E-state index contributed by atoms with van der Waals surface area (Å²) in [7, 11) is 0. The SMILES string of the molecule is [S]C1=CCCCCC1. The lowest BCUT2D eigenvalue weighted by Gasteiger charge is -1.89. The molecule has 1 radical (unpaired) electrons. The van der Waals surface area contributed by atoms with Crippen molar-refractivity contribution in [1.29, 1.82) is 0 Å². The average molecular weight is 127 g/mol. The molecule has 0 atom stereocenters. The molecule has 0 aromatic carbocycles. The zero-order chi connectivity index (χ0) is 5.82. The topological polar surface area (TPSA) is 0 Å². The molecule has 0 spiro atoms. The van der Waals surface area contributed by atoms with E-state index in [2.05, 4.69) is 6.08 Å². The van der Waals surface area contributed by atoms with Gasteiger partial charge in [0.1, 0.15) is 0 Å². The lowest BCUT2D eigenvalue weighted by atomic mass is 10.2. The van der Waals surface area contributed by atoms with E-state index in [0.29, 0.717) is 0 Å². The number of rotatable bonds is 0. The highest BCUT2D eigenvalue weighted by Crippen LogP contribution is 2.18. The van der Waals surface area contributed by atoms with Crippen molar-refractivity contribution in [3.05, 3.63) is 11.0 Å². The van der Waals surface area contributed by atoms with Gasteiger partial charge in [-0.25, -0.2) is 0 Å². The molecule has 0 N–H and O–H groups in total. The number of allylic oxidation sites excluding steroid dienone is 2. The molecule has 0 bridgehead atoms. The zero-order valence-corrected chi connectivity index (χ0v) is 5.84. The highest BCUT2D eigenvalue weighted by molar-refractivity contribution is 7.84. The molecule has 0 fully saturated rings. The van der Waals surface area contributed by atoms with Crippen LogP contribution in [0.15, 0.2) is 11.0 Å². The molecule has 8 heavy (non-hydrogen) atoms.